The number of halogens is 2. The van der Waals surface area contributed by atoms with E-state index in [0.29, 0.717) is 48.0 Å². The molecule has 7 nitrogen and oxygen atoms in total. The van der Waals surface area contributed by atoms with E-state index < -0.39 is 5.83 Å². The molecule has 0 aliphatic carbocycles. The number of allylic oxidation sites excluding steroid dienone is 2. The Bertz CT molecular complexity index is 1480. The molecule has 0 spiro atoms. The Morgan fingerprint density at radius 3 is 2.85 bits per heavy atom. The molecule has 0 N–H and O–H groups in total. The maximum atomic E-state index is 14.5. The lowest BCUT2D eigenvalue weighted by molar-refractivity contribution is -0.127. The molecular formula is C24H20F2N6OS. The van der Waals surface area contributed by atoms with Gasteiger partial charge in [-0.3, -0.25) is 9.48 Å². The summed E-state index contributed by atoms with van der Waals surface area (Å²) in [6, 6.07) is 3.77. The van der Waals surface area contributed by atoms with Crippen molar-refractivity contribution in [1.29, 1.82) is 0 Å². The molecule has 0 radical (unpaired) electrons. The molecular weight excluding hydrogens is 458 g/mol. The lowest BCUT2D eigenvalue weighted by Crippen LogP contribution is -2.37. The molecule has 10 heteroatoms. The third kappa shape index (κ3) is 3.86. The van der Waals surface area contributed by atoms with Crippen molar-refractivity contribution in [3.8, 4) is 22.8 Å². The summed E-state index contributed by atoms with van der Waals surface area (Å²) in [4.78, 5) is 23.1. The van der Waals surface area contributed by atoms with Crippen molar-refractivity contribution in [3.63, 3.8) is 0 Å². The van der Waals surface area contributed by atoms with Crippen LogP contribution < -0.4 is 0 Å². The Morgan fingerprint density at radius 1 is 1.26 bits per heavy atom. The fraction of sp³-hybridized carbons (Fsp3) is 0.167. The van der Waals surface area contributed by atoms with Gasteiger partial charge in [-0.15, -0.1) is 11.3 Å². The minimum atomic E-state index is -0.738. The quantitative estimate of drug-likeness (QED) is 0.303. The summed E-state index contributed by atoms with van der Waals surface area (Å²) < 4.78 is 31.6. The van der Waals surface area contributed by atoms with E-state index >= 15 is 0 Å². The first-order valence-corrected chi connectivity index (χ1v) is 11.4. The van der Waals surface area contributed by atoms with Gasteiger partial charge < -0.3 is 9.47 Å². The van der Waals surface area contributed by atoms with Crippen molar-refractivity contribution in [2.75, 3.05) is 6.54 Å². The van der Waals surface area contributed by atoms with Gasteiger partial charge in [0.15, 0.2) is 0 Å². The zero-order chi connectivity index (χ0) is 23.8. The number of aromatic nitrogens is 5. The second kappa shape index (κ2) is 8.79. The molecule has 0 bridgehead atoms. The SMILES string of the molecule is C=CC(=O)N1CCn2nc(-c3nc(-c4cn(C)cn4)c4ccsc4c3C=C(F)/C=C/F)cc2C1. The molecule has 1 amide bonds. The van der Waals surface area contributed by atoms with Gasteiger partial charge in [0.1, 0.15) is 22.9 Å². The highest BCUT2D eigenvalue weighted by Gasteiger charge is 2.24. The van der Waals surface area contributed by atoms with Gasteiger partial charge in [0.2, 0.25) is 5.91 Å². The van der Waals surface area contributed by atoms with Gasteiger partial charge in [-0.25, -0.2) is 18.7 Å². The van der Waals surface area contributed by atoms with Crippen LogP contribution in [0.4, 0.5) is 8.78 Å². The number of thiophene rings is 1. The molecule has 34 heavy (non-hydrogen) atoms. The highest BCUT2D eigenvalue weighted by atomic mass is 32.1. The Hall–Kier alpha value is -3.92. The second-order valence-electron chi connectivity index (χ2n) is 7.84. The summed E-state index contributed by atoms with van der Waals surface area (Å²) in [7, 11) is 1.87. The van der Waals surface area contributed by atoms with E-state index in [4.69, 9.17) is 10.1 Å². The molecule has 0 aromatic carbocycles. The fourth-order valence-corrected chi connectivity index (χ4v) is 4.96. The number of imidazole rings is 1. The Labute approximate surface area is 198 Å². The van der Waals surface area contributed by atoms with Gasteiger partial charge >= 0.3 is 0 Å². The number of hydrogen-bond acceptors (Lipinski definition) is 5. The minimum Gasteiger partial charge on any atom is -0.340 e. The predicted molar refractivity (Wildman–Crippen MR) is 128 cm³/mol. The summed E-state index contributed by atoms with van der Waals surface area (Å²) in [6.07, 6.45) is 7.03. The summed E-state index contributed by atoms with van der Waals surface area (Å²) in [5, 5.41) is 7.44. The smallest absolute Gasteiger partial charge is 0.246 e. The van der Waals surface area contributed by atoms with Crippen LogP contribution in [0.25, 0.3) is 38.9 Å². The van der Waals surface area contributed by atoms with E-state index in [1.165, 1.54) is 23.5 Å². The first-order chi connectivity index (χ1) is 16.5. The molecule has 4 aromatic rings. The summed E-state index contributed by atoms with van der Waals surface area (Å²) in [5.41, 5.74) is 3.68. The van der Waals surface area contributed by atoms with Crippen LogP contribution in [0.15, 0.2) is 60.9 Å². The van der Waals surface area contributed by atoms with Crippen molar-refractivity contribution < 1.29 is 13.6 Å². The number of nitrogens with zero attached hydrogens (tertiary/aromatic N) is 6. The van der Waals surface area contributed by atoms with Gasteiger partial charge in [-0.1, -0.05) is 6.58 Å². The standard InChI is InChI=1S/C24H20F2N6OS/c1-3-21(33)31-7-8-32-16(12-31)11-19(29-32)23-18(10-15(26)4-6-25)24-17(5-9-34-24)22(28-23)20-13-30(2)14-27-20/h3-6,9-11,13-14H,1,7-8,12H2,2H3/b6-4+,15-10?. The van der Waals surface area contributed by atoms with E-state index in [1.54, 1.807) is 11.2 Å². The monoisotopic (exact) mass is 478 g/mol. The number of carbonyl (C=O) groups is 1. The van der Waals surface area contributed by atoms with Crippen LogP contribution in [-0.2, 0) is 24.9 Å². The lowest BCUT2D eigenvalue weighted by Gasteiger charge is -2.26. The third-order valence-corrected chi connectivity index (χ3v) is 6.57. The number of rotatable bonds is 5. The number of pyridine rings is 1. The Kier molecular flexibility index (Phi) is 5.66. The van der Waals surface area contributed by atoms with Crippen molar-refractivity contribution in [2.45, 2.75) is 13.1 Å². The van der Waals surface area contributed by atoms with Gasteiger partial charge in [-0.05, 0) is 29.7 Å². The maximum Gasteiger partial charge on any atom is 0.246 e. The minimum absolute atomic E-state index is 0.145. The number of amides is 1. The predicted octanol–water partition coefficient (Wildman–Crippen LogP) is 4.88. The van der Waals surface area contributed by atoms with Crippen molar-refractivity contribution >= 4 is 33.4 Å². The van der Waals surface area contributed by atoms with E-state index in [1.807, 2.05) is 40.0 Å². The molecule has 5 rings (SSSR count). The van der Waals surface area contributed by atoms with Crippen LogP contribution in [-0.4, -0.2) is 41.7 Å². The Balaban J connectivity index is 1.71. The normalized spacial score (nSPS) is 14.2. The van der Waals surface area contributed by atoms with Crippen molar-refractivity contribution in [3.05, 3.63) is 72.2 Å². The van der Waals surface area contributed by atoms with Crippen LogP contribution in [0, 0.1) is 0 Å². The lowest BCUT2D eigenvalue weighted by atomic mass is 10.0. The van der Waals surface area contributed by atoms with Crippen molar-refractivity contribution in [1.82, 2.24) is 29.2 Å². The zero-order valence-electron chi connectivity index (χ0n) is 18.3. The van der Waals surface area contributed by atoms with Gasteiger partial charge in [0.25, 0.3) is 0 Å². The van der Waals surface area contributed by atoms with E-state index in [9.17, 15) is 13.6 Å². The largest absolute Gasteiger partial charge is 0.340 e. The van der Waals surface area contributed by atoms with Crippen LogP contribution in [0.3, 0.4) is 0 Å². The molecule has 1 aliphatic heterocycles. The van der Waals surface area contributed by atoms with Gasteiger partial charge in [0.05, 0.1) is 37.1 Å². The van der Waals surface area contributed by atoms with Gasteiger partial charge in [0, 0.05) is 41.5 Å². The average molecular weight is 479 g/mol. The third-order valence-electron chi connectivity index (χ3n) is 5.62. The topological polar surface area (TPSA) is 68.8 Å². The number of fused-ring (bicyclic) bond motifs is 2. The van der Waals surface area contributed by atoms with Crippen molar-refractivity contribution in [2.24, 2.45) is 7.05 Å². The number of aryl methyl sites for hydroxylation is 1. The molecule has 0 fully saturated rings. The first-order valence-electron chi connectivity index (χ1n) is 10.5. The number of carbonyl (C=O) groups excluding carboxylic acids is 1. The maximum absolute atomic E-state index is 14.5. The molecule has 4 aromatic heterocycles. The molecule has 0 saturated heterocycles. The summed E-state index contributed by atoms with van der Waals surface area (Å²) in [6.45, 7) is 4.98. The molecule has 1 aliphatic rings. The summed E-state index contributed by atoms with van der Waals surface area (Å²) in [5.74, 6) is -0.883. The second-order valence-corrected chi connectivity index (χ2v) is 8.76. The number of hydrogen-bond donors (Lipinski definition) is 0. The van der Waals surface area contributed by atoms with Crippen LogP contribution in [0.1, 0.15) is 11.3 Å². The van der Waals surface area contributed by atoms with Crippen LogP contribution >= 0.6 is 11.3 Å². The molecule has 0 saturated carbocycles. The van der Waals surface area contributed by atoms with Crippen LogP contribution in [0.2, 0.25) is 0 Å². The molecule has 0 unspecified atom stereocenters. The fourth-order valence-electron chi connectivity index (χ4n) is 4.05. The Morgan fingerprint density at radius 2 is 2.12 bits per heavy atom. The first kappa shape index (κ1) is 21.9. The van der Waals surface area contributed by atoms with E-state index in [2.05, 4.69) is 11.6 Å². The van der Waals surface area contributed by atoms with Gasteiger partial charge in [-0.2, -0.15) is 5.10 Å². The highest BCUT2D eigenvalue weighted by molar-refractivity contribution is 7.17. The van der Waals surface area contributed by atoms with E-state index in [-0.39, 0.29) is 12.2 Å². The zero-order valence-corrected chi connectivity index (χ0v) is 19.1. The molecule has 172 valence electrons. The molecule has 0 atom stereocenters. The van der Waals surface area contributed by atoms with Crippen LogP contribution in [0.5, 0.6) is 0 Å². The molecule has 5 heterocycles. The van der Waals surface area contributed by atoms with E-state index in [0.717, 1.165) is 21.9 Å². The average Bonchev–Trinajstić information content (AvgIpc) is 3.57. The highest BCUT2D eigenvalue weighted by Crippen LogP contribution is 2.39. The summed E-state index contributed by atoms with van der Waals surface area (Å²) >= 11 is 1.44.